The number of hydrogen-bond acceptors (Lipinski definition) is 1. The van der Waals surface area contributed by atoms with Crippen LogP contribution in [0.1, 0.15) is 0 Å². The average molecular weight is 259 g/mol. The third kappa shape index (κ3) is 5.05. The molecule has 86 valence electrons. The smallest absolute Gasteiger partial charge is 0.319 e. The molecule has 0 unspecified atom stereocenters. The predicted molar refractivity (Wildman–Crippen MR) is 68.3 cm³/mol. The SMILES string of the molecule is O=C(NC/C=C/CCl)Nc1ccc(Cl)cc1. The van der Waals surface area contributed by atoms with E-state index in [9.17, 15) is 4.79 Å². The highest BCUT2D eigenvalue weighted by Gasteiger charge is 1.98. The molecule has 0 heterocycles. The zero-order valence-corrected chi connectivity index (χ0v) is 10.1. The number of hydrogen-bond donors (Lipinski definition) is 2. The minimum atomic E-state index is -0.262. The zero-order valence-electron chi connectivity index (χ0n) is 8.54. The average Bonchev–Trinajstić information content (AvgIpc) is 2.28. The van der Waals surface area contributed by atoms with Crippen molar-refractivity contribution in [3.8, 4) is 0 Å². The second-order valence-electron chi connectivity index (χ2n) is 2.97. The van der Waals surface area contributed by atoms with Gasteiger partial charge < -0.3 is 10.6 Å². The maximum atomic E-state index is 11.3. The molecule has 0 spiro atoms. The van der Waals surface area contributed by atoms with Crippen molar-refractivity contribution >= 4 is 34.9 Å². The molecule has 3 nitrogen and oxygen atoms in total. The van der Waals surface area contributed by atoms with Gasteiger partial charge in [-0.05, 0) is 24.3 Å². The van der Waals surface area contributed by atoms with E-state index in [4.69, 9.17) is 23.2 Å². The molecule has 16 heavy (non-hydrogen) atoms. The van der Waals surface area contributed by atoms with Crippen molar-refractivity contribution in [3.05, 3.63) is 41.4 Å². The van der Waals surface area contributed by atoms with Crippen LogP contribution >= 0.6 is 23.2 Å². The summed E-state index contributed by atoms with van der Waals surface area (Å²) in [5.41, 5.74) is 0.697. The molecule has 0 bridgehead atoms. The zero-order chi connectivity index (χ0) is 11.8. The Morgan fingerprint density at radius 2 is 1.94 bits per heavy atom. The Labute approximate surface area is 104 Å². The number of nitrogens with one attached hydrogen (secondary N) is 2. The number of anilines is 1. The molecular weight excluding hydrogens is 247 g/mol. The minimum Gasteiger partial charge on any atom is -0.334 e. The molecule has 0 aromatic heterocycles. The molecule has 0 atom stereocenters. The number of urea groups is 1. The number of halogens is 2. The van der Waals surface area contributed by atoms with Gasteiger partial charge in [-0.15, -0.1) is 11.6 Å². The molecule has 0 saturated carbocycles. The number of carbonyl (C=O) groups is 1. The first kappa shape index (κ1) is 12.9. The van der Waals surface area contributed by atoms with Crippen molar-refractivity contribution in [1.29, 1.82) is 0 Å². The number of carbonyl (C=O) groups excluding carboxylic acids is 1. The maximum Gasteiger partial charge on any atom is 0.319 e. The quantitative estimate of drug-likeness (QED) is 0.632. The summed E-state index contributed by atoms with van der Waals surface area (Å²) >= 11 is 11.2. The normalized spacial score (nSPS) is 10.4. The summed E-state index contributed by atoms with van der Waals surface area (Å²) in [5.74, 6) is 0.445. The molecule has 0 saturated heterocycles. The standard InChI is InChI=1S/C11H12Cl2N2O/c12-7-1-2-8-14-11(16)15-10-5-3-9(13)4-6-10/h1-6H,7-8H2,(H2,14,15,16)/b2-1+. The highest BCUT2D eigenvalue weighted by molar-refractivity contribution is 6.30. The fourth-order valence-corrected chi connectivity index (χ4v) is 1.26. The van der Waals surface area contributed by atoms with Crippen LogP contribution in [0.2, 0.25) is 5.02 Å². The van der Waals surface area contributed by atoms with Gasteiger partial charge in [0.25, 0.3) is 0 Å². The van der Waals surface area contributed by atoms with Gasteiger partial charge in [0.2, 0.25) is 0 Å². The van der Waals surface area contributed by atoms with Gasteiger partial charge in [-0.1, -0.05) is 23.8 Å². The molecule has 1 rings (SSSR count). The molecule has 1 aromatic carbocycles. The lowest BCUT2D eigenvalue weighted by atomic mass is 10.3. The first-order chi connectivity index (χ1) is 7.72. The lowest BCUT2D eigenvalue weighted by Crippen LogP contribution is -2.28. The monoisotopic (exact) mass is 258 g/mol. The highest BCUT2D eigenvalue weighted by Crippen LogP contribution is 2.12. The molecule has 0 aliphatic heterocycles. The lowest BCUT2D eigenvalue weighted by Gasteiger charge is -2.05. The van der Waals surface area contributed by atoms with Crippen LogP contribution in [-0.2, 0) is 0 Å². The summed E-state index contributed by atoms with van der Waals surface area (Å²) in [5, 5.41) is 5.96. The van der Waals surface area contributed by atoms with E-state index in [-0.39, 0.29) is 6.03 Å². The van der Waals surface area contributed by atoms with Gasteiger partial charge in [0.05, 0.1) is 0 Å². The van der Waals surface area contributed by atoms with Gasteiger partial charge in [0, 0.05) is 23.1 Å². The summed E-state index contributed by atoms with van der Waals surface area (Å²) in [6.07, 6.45) is 3.55. The van der Waals surface area contributed by atoms with Crippen LogP contribution in [0.5, 0.6) is 0 Å². The second-order valence-corrected chi connectivity index (χ2v) is 3.71. The minimum absolute atomic E-state index is 0.262. The Balaban J connectivity index is 2.34. The molecule has 2 N–H and O–H groups in total. The van der Waals surface area contributed by atoms with Crippen molar-refractivity contribution in [2.24, 2.45) is 0 Å². The molecule has 0 aliphatic rings. The third-order valence-corrected chi connectivity index (χ3v) is 2.17. The van der Waals surface area contributed by atoms with Crippen LogP contribution in [0.25, 0.3) is 0 Å². The number of rotatable bonds is 4. The number of amides is 2. The fourth-order valence-electron chi connectivity index (χ4n) is 1.01. The van der Waals surface area contributed by atoms with Gasteiger partial charge in [-0.3, -0.25) is 0 Å². The van der Waals surface area contributed by atoms with E-state index in [1.54, 1.807) is 36.4 Å². The van der Waals surface area contributed by atoms with Crippen molar-refractivity contribution in [2.75, 3.05) is 17.7 Å². The Hall–Kier alpha value is -1.19. The number of alkyl halides is 1. The van der Waals surface area contributed by atoms with Gasteiger partial charge in [0.15, 0.2) is 0 Å². The molecular formula is C11H12Cl2N2O. The predicted octanol–water partition coefficient (Wildman–Crippen LogP) is 3.26. The third-order valence-electron chi connectivity index (χ3n) is 1.74. The Morgan fingerprint density at radius 3 is 2.56 bits per heavy atom. The van der Waals surface area contributed by atoms with E-state index in [1.807, 2.05) is 0 Å². The van der Waals surface area contributed by atoms with Gasteiger partial charge in [-0.25, -0.2) is 4.79 Å². The number of allylic oxidation sites excluding steroid dienone is 1. The summed E-state index contributed by atoms with van der Waals surface area (Å²) in [7, 11) is 0. The van der Waals surface area contributed by atoms with Gasteiger partial charge in [-0.2, -0.15) is 0 Å². The second kappa shape index (κ2) is 7.14. The van der Waals surface area contributed by atoms with Gasteiger partial charge >= 0.3 is 6.03 Å². The highest BCUT2D eigenvalue weighted by atomic mass is 35.5. The first-order valence-electron chi connectivity index (χ1n) is 4.74. The molecule has 0 fully saturated rings. The Kier molecular flexibility index (Phi) is 5.75. The van der Waals surface area contributed by atoms with Crippen molar-refractivity contribution < 1.29 is 4.79 Å². The first-order valence-corrected chi connectivity index (χ1v) is 5.65. The summed E-state index contributed by atoms with van der Waals surface area (Å²) in [4.78, 5) is 11.3. The van der Waals surface area contributed by atoms with Crippen molar-refractivity contribution in [3.63, 3.8) is 0 Å². The van der Waals surface area contributed by atoms with E-state index in [0.29, 0.717) is 23.1 Å². The number of benzene rings is 1. The molecule has 5 heteroatoms. The van der Waals surface area contributed by atoms with E-state index in [2.05, 4.69) is 10.6 Å². The molecule has 2 amide bonds. The van der Waals surface area contributed by atoms with Crippen molar-refractivity contribution in [1.82, 2.24) is 5.32 Å². The van der Waals surface area contributed by atoms with Crippen molar-refractivity contribution in [2.45, 2.75) is 0 Å². The van der Waals surface area contributed by atoms with E-state index in [1.165, 1.54) is 0 Å². The van der Waals surface area contributed by atoms with E-state index < -0.39 is 0 Å². The van der Waals surface area contributed by atoms with Crippen LogP contribution in [0, 0.1) is 0 Å². The molecule has 1 aromatic rings. The van der Waals surface area contributed by atoms with Crippen LogP contribution in [-0.4, -0.2) is 18.5 Å². The Bertz CT molecular complexity index is 363. The van der Waals surface area contributed by atoms with Crippen LogP contribution in [0.15, 0.2) is 36.4 Å². The lowest BCUT2D eigenvalue weighted by molar-refractivity contribution is 0.253. The van der Waals surface area contributed by atoms with Gasteiger partial charge in [0.1, 0.15) is 0 Å². The largest absolute Gasteiger partial charge is 0.334 e. The van der Waals surface area contributed by atoms with Crippen LogP contribution < -0.4 is 10.6 Å². The summed E-state index contributed by atoms with van der Waals surface area (Å²) < 4.78 is 0. The van der Waals surface area contributed by atoms with Crippen LogP contribution in [0.3, 0.4) is 0 Å². The summed E-state index contributed by atoms with van der Waals surface area (Å²) in [6, 6.07) is 6.63. The fraction of sp³-hybridized carbons (Fsp3) is 0.182. The van der Waals surface area contributed by atoms with Crippen LogP contribution in [0.4, 0.5) is 10.5 Å². The molecule has 0 radical (unpaired) electrons. The van der Waals surface area contributed by atoms with E-state index >= 15 is 0 Å². The topological polar surface area (TPSA) is 41.1 Å². The molecule has 0 aliphatic carbocycles. The van der Waals surface area contributed by atoms with E-state index in [0.717, 1.165) is 0 Å². The maximum absolute atomic E-state index is 11.3. The summed E-state index contributed by atoms with van der Waals surface area (Å²) in [6.45, 7) is 0.451. The Morgan fingerprint density at radius 1 is 1.25 bits per heavy atom.